The minimum atomic E-state index is 1.31. The van der Waals surface area contributed by atoms with Gasteiger partial charge in [-0.1, -0.05) is 18.2 Å². The van der Waals surface area contributed by atoms with Gasteiger partial charge in [-0.15, -0.1) is 0 Å². The zero-order valence-corrected chi connectivity index (χ0v) is 5.34. The van der Waals surface area contributed by atoms with Crippen molar-refractivity contribution in [3.8, 4) is 0 Å². The van der Waals surface area contributed by atoms with Crippen molar-refractivity contribution in [1.29, 1.82) is 0 Å². The third-order valence-corrected chi connectivity index (χ3v) is 1.34. The third-order valence-electron chi connectivity index (χ3n) is 0.622. The Hall–Kier alpha value is 0.210. The lowest BCUT2D eigenvalue weighted by Crippen LogP contribution is -1.53. The summed E-state index contributed by atoms with van der Waals surface area (Å²) < 4.78 is 1.31. The first-order chi connectivity index (χ1) is 2.89. The Balaban J connectivity index is 2.61. The second-order valence-electron chi connectivity index (χ2n) is 1.10. The van der Waals surface area contributed by atoms with E-state index in [4.69, 9.17) is 0 Å². The molecule has 31 valence electrons. The van der Waals surface area contributed by atoms with Crippen LogP contribution in [0.15, 0.2) is 21.8 Å². The summed E-state index contributed by atoms with van der Waals surface area (Å²) in [6.07, 6.45) is 8.20. The Morgan fingerprint density at radius 1 is 1.33 bits per heavy atom. The Kier molecular flexibility index (Phi) is 1.29. The highest BCUT2D eigenvalue weighted by atomic mass is 127. The minimum absolute atomic E-state index is 1.31. The van der Waals surface area contributed by atoms with Crippen LogP contribution in [0.3, 0.4) is 0 Å². The van der Waals surface area contributed by atoms with E-state index in [2.05, 4.69) is 35.1 Å². The van der Waals surface area contributed by atoms with Gasteiger partial charge in [0.05, 0.1) is 0 Å². The first kappa shape index (κ1) is 4.37. The lowest BCUT2D eigenvalue weighted by molar-refractivity contribution is 1.85. The Bertz CT molecular complexity index is 101. The number of halogens is 1. The molecule has 0 nitrogen and oxygen atoms in total. The molecule has 1 heteroatoms. The zero-order chi connectivity index (χ0) is 4.41. The summed E-state index contributed by atoms with van der Waals surface area (Å²) >= 11 is 2.28. The largest absolute Gasteiger partial charge is 0.0756 e. The predicted octanol–water partition coefficient (Wildman–Crippen LogP) is 2.08. The van der Waals surface area contributed by atoms with Gasteiger partial charge in [0, 0.05) is 6.42 Å². The van der Waals surface area contributed by atoms with Crippen molar-refractivity contribution in [3.05, 3.63) is 28.2 Å². The Morgan fingerprint density at radius 3 is 2.33 bits per heavy atom. The van der Waals surface area contributed by atoms with Crippen LogP contribution in [0.25, 0.3) is 0 Å². The van der Waals surface area contributed by atoms with Gasteiger partial charge < -0.3 is 0 Å². The Morgan fingerprint density at radius 2 is 2.17 bits per heavy atom. The fourth-order valence-corrected chi connectivity index (χ4v) is 0.766. The van der Waals surface area contributed by atoms with Crippen LogP contribution in [0.1, 0.15) is 0 Å². The van der Waals surface area contributed by atoms with Crippen LogP contribution in [0.2, 0.25) is 0 Å². The van der Waals surface area contributed by atoms with Crippen LogP contribution < -0.4 is 0 Å². The van der Waals surface area contributed by atoms with Crippen molar-refractivity contribution < 1.29 is 0 Å². The van der Waals surface area contributed by atoms with Crippen LogP contribution in [0.4, 0.5) is 0 Å². The van der Waals surface area contributed by atoms with Gasteiger partial charge in [-0.2, -0.15) is 0 Å². The zero-order valence-electron chi connectivity index (χ0n) is 3.19. The van der Waals surface area contributed by atoms with Crippen molar-refractivity contribution in [3.63, 3.8) is 0 Å². The molecule has 0 amide bonds. The van der Waals surface area contributed by atoms with Gasteiger partial charge in [0.1, 0.15) is 0 Å². The van der Waals surface area contributed by atoms with Gasteiger partial charge in [0.25, 0.3) is 0 Å². The van der Waals surface area contributed by atoms with Gasteiger partial charge in [-0.3, -0.25) is 0 Å². The van der Waals surface area contributed by atoms with E-state index in [9.17, 15) is 0 Å². The van der Waals surface area contributed by atoms with Gasteiger partial charge in [0.2, 0.25) is 0 Å². The quantitative estimate of drug-likeness (QED) is 0.514. The smallest absolute Gasteiger partial charge is 0.0187 e. The lowest BCUT2D eigenvalue weighted by atomic mass is 10.5. The highest BCUT2D eigenvalue weighted by molar-refractivity contribution is 14.1. The maximum Gasteiger partial charge on any atom is 0.0187 e. The molecule has 1 aliphatic carbocycles. The van der Waals surface area contributed by atoms with E-state index in [1.165, 1.54) is 3.58 Å². The number of rotatable bonds is 0. The molecule has 0 spiro atoms. The molecule has 0 atom stereocenters. The van der Waals surface area contributed by atoms with Crippen LogP contribution in [0, 0.1) is 6.42 Å². The molecule has 1 aliphatic rings. The lowest BCUT2D eigenvalue weighted by Gasteiger charge is -1.75. The number of hydrogen-bond acceptors (Lipinski definition) is 0. The molecule has 0 aromatic carbocycles. The van der Waals surface area contributed by atoms with E-state index < -0.39 is 0 Å². The molecular weight excluding hydrogens is 187 g/mol. The first-order valence-corrected chi connectivity index (χ1v) is 2.85. The highest BCUT2D eigenvalue weighted by Crippen LogP contribution is 2.14. The molecule has 0 unspecified atom stereocenters. The summed E-state index contributed by atoms with van der Waals surface area (Å²) in [6, 6.07) is 0. The molecular formula is C5H4I. The summed E-state index contributed by atoms with van der Waals surface area (Å²) in [7, 11) is 0. The topological polar surface area (TPSA) is 0 Å². The molecule has 0 saturated carbocycles. The molecule has 1 radical (unpaired) electrons. The maximum absolute atomic E-state index is 2.28. The molecule has 0 aromatic heterocycles. The van der Waals surface area contributed by atoms with E-state index >= 15 is 0 Å². The molecule has 1 rings (SSSR count). The molecule has 0 aromatic rings. The van der Waals surface area contributed by atoms with Crippen LogP contribution in [0.5, 0.6) is 0 Å². The van der Waals surface area contributed by atoms with Gasteiger partial charge in [-0.05, 0) is 26.2 Å². The van der Waals surface area contributed by atoms with Crippen LogP contribution in [-0.4, -0.2) is 0 Å². The van der Waals surface area contributed by atoms with Gasteiger partial charge in [-0.25, -0.2) is 0 Å². The molecule has 0 heterocycles. The molecule has 0 bridgehead atoms. The van der Waals surface area contributed by atoms with E-state index in [1.807, 2.05) is 12.2 Å². The fraction of sp³-hybridized carbons (Fsp3) is 0. The first-order valence-electron chi connectivity index (χ1n) is 1.77. The van der Waals surface area contributed by atoms with Gasteiger partial charge >= 0.3 is 0 Å². The number of allylic oxidation sites excluding steroid dienone is 4. The van der Waals surface area contributed by atoms with E-state index in [0.717, 1.165) is 0 Å². The van der Waals surface area contributed by atoms with E-state index in [1.54, 1.807) is 0 Å². The standard InChI is InChI=1S/C5H4I/c6-5-3-1-2-4-5/h1-4H. The normalized spacial score (nSPS) is 18.5. The van der Waals surface area contributed by atoms with Crippen molar-refractivity contribution in [2.24, 2.45) is 0 Å². The maximum atomic E-state index is 2.28. The molecule has 0 N–H and O–H groups in total. The molecule has 0 fully saturated rings. The molecule has 6 heavy (non-hydrogen) atoms. The summed E-state index contributed by atoms with van der Waals surface area (Å²) in [4.78, 5) is 0. The molecule has 0 saturated heterocycles. The SMILES string of the molecule is IC1=CC=C[CH]1. The summed E-state index contributed by atoms with van der Waals surface area (Å²) in [5.41, 5.74) is 0. The monoisotopic (exact) mass is 191 g/mol. The molecule has 0 aliphatic heterocycles. The minimum Gasteiger partial charge on any atom is -0.0756 e. The van der Waals surface area contributed by atoms with Gasteiger partial charge in [0.15, 0.2) is 0 Å². The van der Waals surface area contributed by atoms with Crippen molar-refractivity contribution in [2.45, 2.75) is 0 Å². The number of hydrogen-bond donors (Lipinski definition) is 0. The Labute approximate surface area is 51.1 Å². The summed E-state index contributed by atoms with van der Waals surface area (Å²) in [5.74, 6) is 0. The van der Waals surface area contributed by atoms with E-state index in [-0.39, 0.29) is 0 Å². The fourth-order valence-electron chi connectivity index (χ4n) is 0.351. The highest BCUT2D eigenvalue weighted by Gasteiger charge is 1.89. The van der Waals surface area contributed by atoms with Crippen molar-refractivity contribution in [2.75, 3.05) is 0 Å². The predicted molar refractivity (Wildman–Crippen MR) is 35.5 cm³/mol. The average Bonchev–Trinajstić information content (AvgIpc) is 1.86. The van der Waals surface area contributed by atoms with Crippen molar-refractivity contribution in [1.82, 2.24) is 0 Å². The van der Waals surface area contributed by atoms with Crippen LogP contribution in [-0.2, 0) is 0 Å². The second-order valence-corrected chi connectivity index (χ2v) is 2.35. The van der Waals surface area contributed by atoms with Crippen LogP contribution >= 0.6 is 22.6 Å². The average molecular weight is 191 g/mol. The third kappa shape index (κ3) is 0.834. The second kappa shape index (κ2) is 1.78. The van der Waals surface area contributed by atoms with E-state index in [0.29, 0.717) is 0 Å². The summed E-state index contributed by atoms with van der Waals surface area (Å²) in [5, 5.41) is 0. The summed E-state index contributed by atoms with van der Waals surface area (Å²) in [6.45, 7) is 0. The van der Waals surface area contributed by atoms with Crippen molar-refractivity contribution >= 4 is 22.6 Å².